The van der Waals surface area contributed by atoms with Gasteiger partial charge in [0.05, 0.1) is 18.2 Å². The van der Waals surface area contributed by atoms with E-state index in [1.54, 1.807) is 19.3 Å². The highest BCUT2D eigenvalue weighted by molar-refractivity contribution is 6.22. The fraction of sp³-hybridized carbons (Fsp3) is 0.111. The maximum atomic E-state index is 13.2. The van der Waals surface area contributed by atoms with E-state index < -0.39 is 0 Å². The number of Topliss-reactive ketones (excluding diaryl/α,β-unsaturated/α-hetero) is 1. The van der Waals surface area contributed by atoms with E-state index in [1.165, 1.54) is 19.1 Å². The summed E-state index contributed by atoms with van der Waals surface area (Å²) in [6.45, 7) is 3.31. The third kappa shape index (κ3) is 3.69. The molecule has 0 aliphatic rings. The van der Waals surface area contributed by atoms with Gasteiger partial charge in [-0.1, -0.05) is 36.4 Å². The van der Waals surface area contributed by atoms with Crippen molar-refractivity contribution in [3.8, 4) is 17.2 Å². The Morgan fingerprint density at radius 1 is 0.938 bits per heavy atom. The van der Waals surface area contributed by atoms with E-state index in [1.807, 2.05) is 66.1 Å². The third-order valence-electron chi connectivity index (χ3n) is 5.51. The van der Waals surface area contributed by atoms with Crippen molar-refractivity contribution in [2.75, 3.05) is 7.11 Å². The molecule has 0 saturated carbocycles. The number of methoxy groups -OCH3 is 1. The molecule has 0 aliphatic heterocycles. The summed E-state index contributed by atoms with van der Waals surface area (Å²) in [6.07, 6.45) is 3.12. The lowest BCUT2D eigenvalue weighted by molar-refractivity contribution is 0.101. The van der Waals surface area contributed by atoms with E-state index >= 15 is 0 Å². The summed E-state index contributed by atoms with van der Waals surface area (Å²) < 4.78 is 7.17. The molecule has 4 rings (SSSR count). The van der Waals surface area contributed by atoms with Crippen molar-refractivity contribution in [3.05, 3.63) is 95.2 Å². The number of phenolic OH excluding ortho intramolecular Hbond substituents is 1. The van der Waals surface area contributed by atoms with Gasteiger partial charge in [0.15, 0.2) is 11.6 Å². The van der Waals surface area contributed by atoms with E-state index in [0.717, 1.165) is 11.3 Å². The van der Waals surface area contributed by atoms with Crippen molar-refractivity contribution >= 4 is 28.5 Å². The van der Waals surface area contributed by atoms with Gasteiger partial charge in [-0.05, 0) is 61.9 Å². The van der Waals surface area contributed by atoms with Crippen LogP contribution in [0.4, 0.5) is 0 Å². The molecule has 4 aromatic rings. The SMILES string of the molecule is COc1ccc(-n2c(C)c(C(C)=O)c3c(C(=O)/C=C/c4ccccc4)c(O)ccc32)cc1. The van der Waals surface area contributed by atoms with Crippen LogP contribution in [0.2, 0.25) is 0 Å². The summed E-state index contributed by atoms with van der Waals surface area (Å²) in [5.74, 6) is 0.0154. The van der Waals surface area contributed by atoms with Gasteiger partial charge in [-0.2, -0.15) is 0 Å². The first-order valence-corrected chi connectivity index (χ1v) is 10.2. The van der Waals surface area contributed by atoms with E-state index in [-0.39, 0.29) is 22.9 Å². The molecule has 0 bridgehead atoms. The predicted molar refractivity (Wildman–Crippen MR) is 126 cm³/mol. The van der Waals surface area contributed by atoms with Crippen LogP contribution < -0.4 is 4.74 Å². The number of fused-ring (bicyclic) bond motifs is 1. The molecule has 1 aromatic heterocycles. The van der Waals surface area contributed by atoms with Gasteiger partial charge in [0.1, 0.15) is 11.5 Å². The van der Waals surface area contributed by atoms with E-state index in [4.69, 9.17) is 4.74 Å². The highest BCUT2D eigenvalue weighted by atomic mass is 16.5. The van der Waals surface area contributed by atoms with Gasteiger partial charge in [0, 0.05) is 22.3 Å². The number of phenols is 1. The molecule has 5 heteroatoms. The normalized spacial score (nSPS) is 11.2. The minimum absolute atomic E-state index is 0.121. The molecule has 5 nitrogen and oxygen atoms in total. The van der Waals surface area contributed by atoms with Gasteiger partial charge in [-0.25, -0.2) is 0 Å². The zero-order valence-electron chi connectivity index (χ0n) is 18.1. The number of rotatable bonds is 6. The number of benzene rings is 3. The molecular weight excluding hydrogens is 402 g/mol. The van der Waals surface area contributed by atoms with E-state index in [9.17, 15) is 14.7 Å². The standard InChI is InChI=1S/C27H23NO4/c1-17-25(18(2)29)26-22(28(17)20-10-12-21(32-3)13-11-20)14-16-24(31)27(26)23(30)15-9-19-7-5-4-6-8-19/h4-16,31H,1-3H3/b15-9+. The van der Waals surface area contributed by atoms with Crippen LogP contribution in [-0.4, -0.2) is 28.3 Å². The Hall–Kier alpha value is -4.12. The fourth-order valence-corrected chi connectivity index (χ4v) is 4.06. The number of aromatic hydroxyl groups is 1. The third-order valence-corrected chi connectivity index (χ3v) is 5.51. The molecule has 3 aromatic carbocycles. The maximum absolute atomic E-state index is 13.2. The van der Waals surface area contributed by atoms with Crippen molar-refractivity contribution in [3.63, 3.8) is 0 Å². The molecule has 1 N–H and O–H groups in total. The topological polar surface area (TPSA) is 68.5 Å². The molecule has 1 heterocycles. The molecule has 0 spiro atoms. The number of allylic oxidation sites excluding steroid dienone is 1. The average molecular weight is 425 g/mol. The molecule has 160 valence electrons. The minimum Gasteiger partial charge on any atom is -0.507 e. The van der Waals surface area contributed by atoms with Gasteiger partial charge in [0.2, 0.25) is 0 Å². The van der Waals surface area contributed by atoms with Gasteiger partial charge in [-0.3, -0.25) is 9.59 Å². The summed E-state index contributed by atoms with van der Waals surface area (Å²) in [5, 5.41) is 11.1. The zero-order valence-corrected chi connectivity index (χ0v) is 18.1. The van der Waals surface area contributed by atoms with Crippen LogP contribution >= 0.6 is 0 Å². The average Bonchev–Trinajstić information content (AvgIpc) is 3.10. The summed E-state index contributed by atoms with van der Waals surface area (Å²) >= 11 is 0. The Morgan fingerprint density at radius 3 is 2.25 bits per heavy atom. The first-order chi connectivity index (χ1) is 15.4. The summed E-state index contributed by atoms with van der Waals surface area (Å²) in [4.78, 5) is 25.8. The van der Waals surface area contributed by atoms with Crippen molar-refractivity contribution in [2.45, 2.75) is 13.8 Å². The number of aromatic nitrogens is 1. The molecular formula is C27H23NO4. The molecule has 0 unspecified atom stereocenters. The number of hydrogen-bond donors (Lipinski definition) is 1. The van der Waals surface area contributed by atoms with Crippen molar-refractivity contribution < 1.29 is 19.4 Å². The number of carbonyl (C=O) groups is 2. The lowest BCUT2D eigenvalue weighted by Crippen LogP contribution is -2.01. The number of ketones is 2. The van der Waals surface area contributed by atoms with Gasteiger partial charge in [0.25, 0.3) is 0 Å². The lowest BCUT2D eigenvalue weighted by atomic mass is 9.98. The van der Waals surface area contributed by atoms with Crippen LogP contribution in [0.25, 0.3) is 22.7 Å². The second kappa shape index (κ2) is 8.55. The van der Waals surface area contributed by atoms with Crippen LogP contribution in [0.1, 0.15) is 38.9 Å². The van der Waals surface area contributed by atoms with Crippen LogP contribution in [0.15, 0.2) is 72.8 Å². The van der Waals surface area contributed by atoms with Gasteiger partial charge < -0.3 is 14.4 Å². The number of hydrogen-bond acceptors (Lipinski definition) is 4. The van der Waals surface area contributed by atoms with Gasteiger partial charge in [-0.15, -0.1) is 0 Å². The number of carbonyl (C=O) groups excluding carboxylic acids is 2. The summed E-state index contributed by atoms with van der Waals surface area (Å²) in [6, 6.07) is 20.1. The van der Waals surface area contributed by atoms with Gasteiger partial charge >= 0.3 is 0 Å². The quantitative estimate of drug-likeness (QED) is 0.315. The Kier molecular flexibility index (Phi) is 5.65. The predicted octanol–water partition coefficient (Wildman–Crippen LogP) is 5.75. The molecule has 32 heavy (non-hydrogen) atoms. The minimum atomic E-state index is -0.369. The van der Waals surface area contributed by atoms with Crippen molar-refractivity contribution in [1.82, 2.24) is 4.57 Å². The molecule has 0 aliphatic carbocycles. The highest BCUT2D eigenvalue weighted by Gasteiger charge is 2.25. The zero-order chi connectivity index (χ0) is 22.8. The molecule has 0 amide bonds. The van der Waals surface area contributed by atoms with Crippen molar-refractivity contribution in [1.29, 1.82) is 0 Å². The van der Waals surface area contributed by atoms with E-state index in [2.05, 4.69) is 0 Å². The van der Waals surface area contributed by atoms with Crippen LogP contribution in [0.5, 0.6) is 11.5 Å². The first kappa shape index (κ1) is 21.1. The summed E-state index contributed by atoms with van der Waals surface area (Å²) in [5.41, 5.74) is 3.60. The maximum Gasteiger partial charge on any atom is 0.190 e. The second-order valence-corrected chi connectivity index (χ2v) is 7.51. The smallest absolute Gasteiger partial charge is 0.190 e. The molecule has 0 saturated heterocycles. The Morgan fingerprint density at radius 2 is 1.62 bits per heavy atom. The molecule has 0 atom stereocenters. The fourth-order valence-electron chi connectivity index (χ4n) is 4.06. The largest absolute Gasteiger partial charge is 0.507 e. The first-order valence-electron chi connectivity index (χ1n) is 10.2. The van der Waals surface area contributed by atoms with E-state index in [0.29, 0.717) is 27.9 Å². The van der Waals surface area contributed by atoms with Crippen LogP contribution in [-0.2, 0) is 0 Å². The monoisotopic (exact) mass is 425 g/mol. The molecule has 0 radical (unpaired) electrons. The Labute approximate surface area is 186 Å². The summed E-state index contributed by atoms with van der Waals surface area (Å²) in [7, 11) is 1.60. The Balaban J connectivity index is 1.94. The highest BCUT2D eigenvalue weighted by Crippen LogP contribution is 2.37. The molecule has 0 fully saturated rings. The lowest BCUT2D eigenvalue weighted by Gasteiger charge is -2.10. The Bertz CT molecular complexity index is 1350. The van der Waals surface area contributed by atoms with Crippen LogP contribution in [0.3, 0.4) is 0 Å². The number of ether oxygens (including phenoxy) is 1. The second-order valence-electron chi connectivity index (χ2n) is 7.51. The van der Waals surface area contributed by atoms with Crippen molar-refractivity contribution in [2.24, 2.45) is 0 Å². The number of nitrogens with zero attached hydrogens (tertiary/aromatic N) is 1. The van der Waals surface area contributed by atoms with Crippen LogP contribution in [0, 0.1) is 6.92 Å².